The van der Waals surface area contributed by atoms with Gasteiger partial charge in [0.1, 0.15) is 6.61 Å². The average Bonchev–Trinajstić information content (AvgIpc) is 2.88. The fourth-order valence-corrected chi connectivity index (χ4v) is 2.68. The maximum atomic E-state index is 11.8. The quantitative estimate of drug-likeness (QED) is 0.759. The highest BCUT2D eigenvalue weighted by atomic mass is 16.5. The summed E-state index contributed by atoms with van der Waals surface area (Å²) in [5, 5.41) is 21.2. The standard InChI is InChI=1S/C15H21NO4/c17-8-12-6-13(9-18)14(7-12)16-15(19)20-10-11-4-2-1-3-5-11/h1-5,12-14,17-18H,6-10H2,(H,16,19)/t12?,13?,14-/m1/s1. The second kappa shape index (κ2) is 7.26. The summed E-state index contributed by atoms with van der Waals surface area (Å²) in [6.45, 7) is 0.334. The van der Waals surface area contributed by atoms with Crippen LogP contribution < -0.4 is 5.32 Å². The molecule has 0 aliphatic heterocycles. The van der Waals surface area contributed by atoms with Gasteiger partial charge in [0.25, 0.3) is 0 Å². The molecule has 1 aromatic rings. The Hall–Kier alpha value is -1.59. The molecule has 1 fully saturated rings. The van der Waals surface area contributed by atoms with Gasteiger partial charge in [-0.2, -0.15) is 0 Å². The van der Waals surface area contributed by atoms with E-state index in [1.54, 1.807) is 0 Å². The maximum Gasteiger partial charge on any atom is 0.407 e. The molecule has 2 unspecified atom stereocenters. The molecule has 1 aliphatic rings. The Labute approximate surface area is 118 Å². The van der Waals surface area contributed by atoms with E-state index in [1.807, 2.05) is 30.3 Å². The summed E-state index contributed by atoms with van der Waals surface area (Å²) in [6, 6.07) is 9.34. The first-order valence-corrected chi connectivity index (χ1v) is 6.92. The van der Waals surface area contributed by atoms with Gasteiger partial charge in [0.2, 0.25) is 0 Å². The van der Waals surface area contributed by atoms with E-state index in [0.29, 0.717) is 6.42 Å². The minimum atomic E-state index is -0.476. The third-order valence-electron chi connectivity index (χ3n) is 3.80. The normalized spacial score (nSPS) is 25.4. The number of rotatable bonds is 5. The number of carbonyl (C=O) groups is 1. The fourth-order valence-electron chi connectivity index (χ4n) is 2.68. The molecule has 0 saturated heterocycles. The molecular formula is C15H21NO4. The van der Waals surface area contributed by atoms with Crippen LogP contribution in [-0.2, 0) is 11.3 Å². The van der Waals surface area contributed by atoms with Crippen molar-refractivity contribution in [2.75, 3.05) is 13.2 Å². The minimum absolute atomic E-state index is 0.00331. The third kappa shape index (κ3) is 3.95. The summed E-state index contributed by atoms with van der Waals surface area (Å²) in [7, 11) is 0. The molecule has 0 spiro atoms. The van der Waals surface area contributed by atoms with Crippen LogP contribution in [0.5, 0.6) is 0 Å². The highest BCUT2D eigenvalue weighted by Crippen LogP contribution is 2.30. The number of amides is 1. The molecule has 1 aromatic carbocycles. The molecule has 5 nitrogen and oxygen atoms in total. The Bertz CT molecular complexity index is 423. The number of alkyl carbamates (subject to hydrolysis) is 1. The predicted molar refractivity (Wildman–Crippen MR) is 73.9 cm³/mol. The summed E-state index contributed by atoms with van der Waals surface area (Å²) in [5.74, 6) is 0.142. The van der Waals surface area contributed by atoms with Crippen molar-refractivity contribution in [3.05, 3.63) is 35.9 Å². The Morgan fingerprint density at radius 3 is 2.60 bits per heavy atom. The van der Waals surface area contributed by atoms with Crippen molar-refractivity contribution < 1.29 is 19.7 Å². The van der Waals surface area contributed by atoms with Gasteiger partial charge in [0, 0.05) is 25.2 Å². The van der Waals surface area contributed by atoms with Crippen molar-refractivity contribution in [1.29, 1.82) is 0 Å². The first kappa shape index (κ1) is 14.8. The van der Waals surface area contributed by atoms with Crippen LogP contribution in [-0.4, -0.2) is 35.6 Å². The molecule has 1 amide bonds. The molecule has 3 N–H and O–H groups in total. The van der Waals surface area contributed by atoms with Gasteiger partial charge < -0.3 is 20.3 Å². The van der Waals surface area contributed by atoms with Crippen molar-refractivity contribution >= 4 is 6.09 Å². The van der Waals surface area contributed by atoms with Gasteiger partial charge in [-0.1, -0.05) is 30.3 Å². The lowest BCUT2D eigenvalue weighted by atomic mass is 10.0. The number of benzene rings is 1. The second-order valence-electron chi connectivity index (χ2n) is 5.28. The first-order chi connectivity index (χ1) is 9.72. The highest BCUT2D eigenvalue weighted by molar-refractivity contribution is 5.67. The Morgan fingerprint density at radius 2 is 1.95 bits per heavy atom. The number of hydrogen-bond donors (Lipinski definition) is 3. The van der Waals surface area contributed by atoms with Crippen LogP contribution in [0, 0.1) is 11.8 Å². The minimum Gasteiger partial charge on any atom is -0.445 e. The Balaban J connectivity index is 1.79. The van der Waals surface area contributed by atoms with E-state index in [4.69, 9.17) is 9.84 Å². The van der Waals surface area contributed by atoms with E-state index in [2.05, 4.69) is 5.32 Å². The van der Waals surface area contributed by atoms with Crippen LogP contribution in [0.15, 0.2) is 30.3 Å². The molecule has 5 heteroatoms. The van der Waals surface area contributed by atoms with Gasteiger partial charge in [-0.05, 0) is 24.3 Å². The smallest absolute Gasteiger partial charge is 0.407 e. The molecule has 0 heterocycles. The highest BCUT2D eigenvalue weighted by Gasteiger charge is 2.34. The largest absolute Gasteiger partial charge is 0.445 e. The van der Waals surface area contributed by atoms with E-state index in [9.17, 15) is 9.90 Å². The van der Waals surface area contributed by atoms with Crippen molar-refractivity contribution in [2.45, 2.75) is 25.5 Å². The van der Waals surface area contributed by atoms with Gasteiger partial charge in [0.05, 0.1) is 0 Å². The summed E-state index contributed by atoms with van der Waals surface area (Å²) in [4.78, 5) is 11.8. The molecular weight excluding hydrogens is 258 g/mol. The van der Waals surface area contributed by atoms with Crippen LogP contribution >= 0.6 is 0 Å². The van der Waals surface area contributed by atoms with Crippen molar-refractivity contribution in [3.8, 4) is 0 Å². The lowest BCUT2D eigenvalue weighted by Gasteiger charge is -2.18. The molecule has 110 valence electrons. The molecule has 1 aliphatic carbocycles. The van der Waals surface area contributed by atoms with E-state index in [0.717, 1.165) is 12.0 Å². The van der Waals surface area contributed by atoms with Crippen LogP contribution in [0.3, 0.4) is 0 Å². The molecule has 0 aromatic heterocycles. The molecule has 20 heavy (non-hydrogen) atoms. The first-order valence-electron chi connectivity index (χ1n) is 6.92. The van der Waals surface area contributed by atoms with Crippen LogP contribution in [0.1, 0.15) is 18.4 Å². The Morgan fingerprint density at radius 1 is 1.20 bits per heavy atom. The van der Waals surface area contributed by atoms with Crippen LogP contribution in [0.25, 0.3) is 0 Å². The van der Waals surface area contributed by atoms with Gasteiger partial charge in [0.15, 0.2) is 0 Å². The van der Waals surface area contributed by atoms with Crippen molar-refractivity contribution in [2.24, 2.45) is 11.8 Å². The summed E-state index contributed by atoms with van der Waals surface area (Å²) >= 11 is 0. The average molecular weight is 279 g/mol. The van der Waals surface area contributed by atoms with E-state index in [1.165, 1.54) is 0 Å². The number of hydrogen-bond acceptors (Lipinski definition) is 4. The number of carbonyl (C=O) groups excluding carboxylic acids is 1. The van der Waals surface area contributed by atoms with Gasteiger partial charge in [-0.15, -0.1) is 0 Å². The van der Waals surface area contributed by atoms with Gasteiger partial charge >= 0.3 is 6.09 Å². The topological polar surface area (TPSA) is 78.8 Å². The van der Waals surface area contributed by atoms with E-state index >= 15 is 0 Å². The summed E-state index contributed by atoms with van der Waals surface area (Å²) < 4.78 is 5.16. The zero-order valence-corrected chi connectivity index (χ0v) is 11.4. The van der Waals surface area contributed by atoms with Crippen molar-refractivity contribution in [1.82, 2.24) is 5.32 Å². The molecule has 3 atom stereocenters. The van der Waals surface area contributed by atoms with Gasteiger partial charge in [-0.25, -0.2) is 4.79 Å². The zero-order valence-electron chi connectivity index (χ0n) is 11.4. The molecule has 1 saturated carbocycles. The van der Waals surface area contributed by atoms with Crippen LogP contribution in [0.2, 0.25) is 0 Å². The zero-order chi connectivity index (χ0) is 14.4. The van der Waals surface area contributed by atoms with Gasteiger partial charge in [-0.3, -0.25) is 0 Å². The Kier molecular flexibility index (Phi) is 5.38. The molecule has 0 radical (unpaired) electrons. The SMILES string of the molecule is O=C(N[C@@H]1CC(CO)CC1CO)OCc1ccccc1. The number of nitrogens with one attached hydrogen (secondary N) is 1. The third-order valence-corrected chi connectivity index (χ3v) is 3.80. The molecule has 2 rings (SSSR count). The monoisotopic (exact) mass is 279 g/mol. The van der Waals surface area contributed by atoms with Crippen LogP contribution in [0.4, 0.5) is 4.79 Å². The number of aliphatic hydroxyl groups is 2. The maximum absolute atomic E-state index is 11.8. The summed E-state index contributed by atoms with van der Waals surface area (Å²) in [6.07, 6.45) is 0.939. The van der Waals surface area contributed by atoms with E-state index < -0.39 is 6.09 Å². The number of ether oxygens (including phenoxy) is 1. The van der Waals surface area contributed by atoms with Crippen molar-refractivity contribution in [3.63, 3.8) is 0 Å². The lowest BCUT2D eigenvalue weighted by molar-refractivity contribution is 0.128. The number of aliphatic hydroxyl groups excluding tert-OH is 2. The summed E-state index contributed by atoms with van der Waals surface area (Å²) in [5.41, 5.74) is 0.931. The fraction of sp³-hybridized carbons (Fsp3) is 0.533. The predicted octanol–water partition coefficient (Wildman–Crippen LogP) is 1.29. The second-order valence-corrected chi connectivity index (χ2v) is 5.28. The lowest BCUT2D eigenvalue weighted by Crippen LogP contribution is -2.38. The van der Waals surface area contributed by atoms with E-state index in [-0.39, 0.29) is 37.7 Å². The molecule has 0 bridgehead atoms.